The molecule has 1 heterocycles. The van der Waals surface area contributed by atoms with Crippen molar-refractivity contribution in [2.75, 3.05) is 6.54 Å². The Morgan fingerprint density at radius 2 is 2.04 bits per heavy atom. The van der Waals surface area contributed by atoms with E-state index in [0.29, 0.717) is 23.1 Å². The molecule has 134 valence electrons. The maximum atomic E-state index is 12.0. The highest BCUT2D eigenvalue weighted by Gasteiger charge is 2.19. The average molecular weight is 347 g/mol. The van der Waals surface area contributed by atoms with Gasteiger partial charge in [-0.05, 0) is 43.5 Å². The number of carboxylic acids is 1. The quantitative estimate of drug-likeness (QED) is 0.742. The molecule has 25 heavy (non-hydrogen) atoms. The molecule has 0 bridgehead atoms. The third kappa shape index (κ3) is 4.59. The number of aryl methyl sites for hydroxylation is 2. The molecule has 1 aromatic carbocycles. The molecule has 0 fully saturated rings. The van der Waals surface area contributed by atoms with Crippen molar-refractivity contribution in [1.29, 1.82) is 0 Å². The van der Waals surface area contributed by atoms with Gasteiger partial charge in [-0.3, -0.25) is 9.59 Å². The van der Waals surface area contributed by atoms with Gasteiger partial charge in [0.15, 0.2) is 6.10 Å². The van der Waals surface area contributed by atoms with Gasteiger partial charge in [0.05, 0.1) is 5.39 Å². The molecule has 0 saturated heterocycles. The number of carbonyl (C=O) groups excluding carboxylic acids is 1. The number of hydrogen-bond acceptors (Lipinski definition) is 5. The Morgan fingerprint density at radius 1 is 1.32 bits per heavy atom. The van der Waals surface area contributed by atoms with E-state index in [-0.39, 0.29) is 0 Å². The average Bonchev–Trinajstić information content (AvgIpc) is 2.51. The van der Waals surface area contributed by atoms with Gasteiger partial charge in [0.1, 0.15) is 17.9 Å². The number of carboxylic acid groups (broad SMARTS) is 1. The first-order valence-corrected chi connectivity index (χ1v) is 8.05. The number of amides is 1. The highest BCUT2D eigenvalue weighted by molar-refractivity contribution is 5.89. The van der Waals surface area contributed by atoms with Crippen LogP contribution in [-0.2, 0) is 16.0 Å². The monoisotopic (exact) mass is 347 g/mol. The van der Waals surface area contributed by atoms with E-state index < -0.39 is 30.2 Å². The molecule has 2 N–H and O–H groups in total. The Labute approximate surface area is 144 Å². The summed E-state index contributed by atoms with van der Waals surface area (Å²) in [5.41, 5.74) is 1.59. The van der Waals surface area contributed by atoms with Gasteiger partial charge in [-0.25, -0.2) is 4.79 Å². The minimum atomic E-state index is -1.13. The molecule has 0 saturated carbocycles. The van der Waals surface area contributed by atoms with Crippen molar-refractivity contribution in [3.63, 3.8) is 0 Å². The third-order valence-corrected chi connectivity index (χ3v) is 3.64. The van der Waals surface area contributed by atoms with Crippen molar-refractivity contribution in [3.05, 3.63) is 39.7 Å². The van der Waals surface area contributed by atoms with Gasteiger partial charge in [0.25, 0.3) is 5.91 Å². The van der Waals surface area contributed by atoms with Gasteiger partial charge in [-0.15, -0.1) is 0 Å². The predicted octanol–water partition coefficient (Wildman–Crippen LogP) is 2.02. The van der Waals surface area contributed by atoms with E-state index in [1.807, 2.05) is 13.8 Å². The number of carbonyl (C=O) groups is 2. The van der Waals surface area contributed by atoms with Gasteiger partial charge in [0.2, 0.25) is 0 Å². The molecule has 0 radical (unpaired) electrons. The minimum Gasteiger partial charge on any atom is -0.480 e. The second kappa shape index (κ2) is 7.83. The topological polar surface area (TPSA) is 106 Å². The molecule has 1 aromatic heterocycles. The maximum Gasteiger partial charge on any atom is 0.336 e. The highest BCUT2D eigenvalue weighted by atomic mass is 16.5. The van der Waals surface area contributed by atoms with Crippen LogP contribution >= 0.6 is 0 Å². The first kappa shape index (κ1) is 18.5. The lowest BCUT2D eigenvalue weighted by atomic mass is 10.0. The van der Waals surface area contributed by atoms with Crippen molar-refractivity contribution < 1.29 is 23.8 Å². The molecular formula is C18H21NO6. The van der Waals surface area contributed by atoms with Crippen LogP contribution in [0.2, 0.25) is 0 Å². The lowest BCUT2D eigenvalue weighted by Gasteiger charge is -2.17. The van der Waals surface area contributed by atoms with Crippen LogP contribution in [0.4, 0.5) is 0 Å². The van der Waals surface area contributed by atoms with Crippen LogP contribution in [0.3, 0.4) is 0 Å². The number of aliphatic carboxylic acids is 1. The lowest BCUT2D eigenvalue weighted by molar-refractivity contribution is -0.139. The Hall–Kier alpha value is -2.83. The van der Waals surface area contributed by atoms with E-state index >= 15 is 0 Å². The van der Waals surface area contributed by atoms with Crippen molar-refractivity contribution in [1.82, 2.24) is 5.32 Å². The number of ether oxygens (including phenoxy) is 1. The Balaban J connectivity index is 2.41. The van der Waals surface area contributed by atoms with Crippen LogP contribution in [0, 0.1) is 6.92 Å². The summed E-state index contributed by atoms with van der Waals surface area (Å²) in [5.74, 6) is -1.24. The second-order valence-electron chi connectivity index (χ2n) is 5.85. The Kier molecular flexibility index (Phi) is 5.80. The number of nitrogens with one attached hydrogen (secondary N) is 1. The van der Waals surface area contributed by atoms with E-state index in [1.54, 1.807) is 12.1 Å². The molecule has 0 spiro atoms. The summed E-state index contributed by atoms with van der Waals surface area (Å²) in [6.45, 7) is 4.88. The van der Waals surface area contributed by atoms with Crippen LogP contribution in [-0.4, -0.2) is 29.6 Å². The molecule has 0 aliphatic rings. The molecule has 7 nitrogen and oxygen atoms in total. The van der Waals surface area contributed by atoms with Crippen molar-refractivity contribution in [2.45, 2.75) is 39.7 Å². The number of fused-ring (bicyclic) bond motifs is 1. The summed E-state index contributed by atoms with van der Waals surface area (Å²) >= 11 is 0. The zero-order chi connectivity index (χ0) is 18.6. The van der Waals surface area contributed by atoms with Crippen LogP contribution < -0.4 is 15.7 Å². The van der Waals surface area contributed by atoms with Crippen molar-refractivity contribution in [3.8, 4) is 5.75 Å². The third-order valence-electron chi connectivity index (χ3n) is 3.64. The minimum absolute atomic E-state index is 0.407. The molecule has 0 aliphatic heterocycles. The fourth-order valence-electron chi connectivity index (χ4n) is 2.58. The summed E-state index contributed by atoms with van der Waals surface area (Å²) in [6.07, 6.45) is 0.604. The lowest BCUT2D eigenvalue weighted by Crippen LogP contribution is -2.39. The number of benzene rings is 1. The first-order chi connectivity index (χ1) is 11.8. The van der Waals surface area contributed by atoms with Crippen LogP contribution in [0.5, 0.6) is 5.75 Å². The standard InChI is InChI=1S/C18H21NO6/c1-4-5-12-8-16(22)25-14-7-10(2)6-13(17(12)14)24-11(3)18(23)19-9-15(20)21/h6-8,11H,4-5,9H2,1-3H3,(H,19,23)(H,20,21)/t11-/m1/s1. The molecule has 0 aliphatic carbocycles. The second-order valence-corrected chi connectivity index (χ2v) is 5.85. The molecular weight excluding hydrogens is 326 g/mol. The molecule has 2 aromatic rings. The highest BCUT2D eigenvalue weighted by Crippen LogP contribution is 2.31. The van der Waals surface area contributed by atoms with Gasteiger partial charge in [-0.2, -0.15) is 0 Å². The van der Waals surface area contributed by atoms with E-state index in [2.05, 4.69) is 5.32 Å². The van der Waals surface area contributed by atoms with Gasteiger partial charge < -0.3 is 19.6 Å². The van der Waals surface area contributed by atoms with Crippen LogP contribution in [0.1, 0.15) is 31.4 Å². The number of rotatable bonds is 7. The van der Waals surface area contributed by atoms with E-state index in [9.17, 15) is 14.4 Å². The van der Waals surface area contributed by atoms with Gasteiger partial charge >= 0.3 is 11.6 Å². The zero-order valence-corrected chi connectivity index (χ0v) is 14.4. The van der Waals surface area contributed by atoms with E-state index in [4.69, 9.17) is 14.3 Å². The normalized spacial score (nSPS) is 12.0. The molecule has 1 amide bonds. The Bertz CT molecular complexity index is 855. The summed E-state index contributed by atoms with van der Waals surface area (Å²) in [5, 5.41) is 11.6. The molecule has 7 heteroatoms. The summed E-state index contributed by atoms with van der Waals surface area (Å²) in [6, 6.07) is 4.95. The van der Waals surface area contributed by atoms with E-state index in [1.165, 1.54) is 13.0 Å². The zero-order valence-electron chi connectivity index (χ0n) is 14.4. The van der Waals surface area contributed by atoms with E-state index in [0.717, 1.165) is 17.5 Å². The van der Waals surface area contributed by atoms with Crippen LogP contribution in [0.15, 0.2) is 27.4 Å². The molecule has 0 unspecified atom stereocenters. The fraction of sp³-hybridized carbons (Fsp3) is 0.389. The largest absolute Gasteiger partial charge is 0.480 e. The van der Waals surface area contributed by atoms with Crippen LogP contribution in [0.25, 0.3) is 11.0 Å². The summed E-state index contributed by atoms with van der Waals surface area (Å²) < 4.78 is 11.0. The number of hydrogen-bond donors (Lipinski definition) is 2. The molecule has 2 rings (SSSR count). The smallest absolute Gasteiger partial charge is 0.336 e. The van der Waals surface area contributed by atoms with Crippen molar-refractivity contribution in [2.24, 2.45) is 0 Å². The van der Waals surface area contributed by atoms with Crippen molar-refractivity contribution >= 4 is 22.8 Å². The predicted molar refractivity (Wildman–Crippen MR) is 92.0 cm³/mol. The fourth-order valence-corrected chi connectivity index (χ4v) is 2.58. The molecule has 1 atom stereocenters. The van der Waals surface area contributed by atoms with Gasteiger partial charge in [0, 0.05) is 6.07 Å². The van der Waals surface area contributed by atoms with Gasteiger partial charge in [-0.1, -0.05) is 13.3 Å². The Morgan fingerprint density at radius 3 is 2.68 bits per heavy atom. The first-order valence-electron chi connectivity index (χ1n) is 8.05. The summed E-state index contributed by atoms with van der Waals surface area (Å²) in [7, 11) is 0. The SMILES string of the molecule is CCCc1cc(=O)oc2cc(C)cc(O[C@H](C)C(=O)NCC(=O)O)c12. The maximum absolute atomic E-state index is 12.0. The summed E-state index contributed by atoms with van der Waals surface area (Å²) in [4.78, 5) is 34.3.